The molecule has 3 amide bonds. The van der Waals surface area contributed by atoms with Gasteiger partial charge in [0.25, 0.3) is 5.91 Å². The lowest BCUT2D eigenvalue weighted by Crippen LogP contribution is -2.29. The molecule has 38 heavy (non-hydrogen) atoms. The largest absolute Gasteiger partial charge is 0.448 e. The van der Waals surface area contributed by atoms with E-state index in [2.05, 4.69) is 20.9 Å². The van der Waals surface area contributed by atoms with Crippen molar-refractivity contribution >= 4 is 46.6 Å². The number of benzene rings is 1. The van der Waals surface area contributed by atoms with Crippen LogP contribution < -0.4 is 16.0 Å². The molecule has 0 bridgehead atoms. The van der Waals surface area contributed by atoms with Crippen molar-refractivity contribution in [2.24, 2.45) is 0 Å². The van der Waals surface area contributed by atoms with Gasteiger partial charge in [0.1, 0.15) is 24.6 Å². The minimum atomic E-state index is -4.94. The average molecular weight is 542 g/mol. The first kappa shape index (κ1) is 28.7. The summed E-state index contributed by atoms with van der Waals surface area (Å²) in [6.07, 6.45) is -5.12. The highest BCUT2D eigenvalue weighted by Crippen LogP contribution is 2.42. The van der Waals surface area contributed by atoms with Gasteiger partial charge in [-0.25, -0.2) is 9.18 Å². The van der Waals surface area contributed by atoms with E-state index in [1.54, 1.807) is 0 Å². The molecule has 0 atom stereocenters. The van der Waals surface area contributed by atoms with Crippen molar-refractivity contribution < 1.29 is 41.8 Å². The molecule has 1 aliphatic heterocycles. The number of amides is 3. The topological polar surface area (TPSA) is 136 Å². The number of anilines is 3. The SMILES string of the molecule is CCN(CC)CCOC(=O)Nc1c(C)[nH]c(/C=C2\C(=O)Nc3cc(NC(=O)CO)c(F)cc32)c1C(F)(F)F. The summed E-state index contributed by atoms with van der Waals surface area (Å²) < 4.78 is 61.8. The molecule has 2 heterocycles. The molecule has 0 spiro atoms. The summed E-state index contributed by atoms with van der Waals surface area (Å²) in [5.74, 6) is -2.68. The molecule has 2 aromatic rings. The molecule has 0 saturated carbocycles. The Labute approximate surface area is 215 Å². The second-order valence-corrected chi connectivity index (χ2v) is 8.30. The van der Waals surface area contributed by atoms with Gasteiger partial charge >= 0.3 is 12.3 Å². The minimum absolute atomic E-state index is 0.0293. The Morgan fingerprint density at radius 2 is 1.87 bits per heavy atom. The lowest BCUT2D eigenvalue weighted by molar-refractivity contribution is -0.137. The first-order chi connectivity index (χ1) is 17.9. The first-order valence-corrected chi connectivity index (χ1v) is 11.6. The molecule has 0 aliphatic carbocycles. The fourth-order valence-electron chi connectivity index (χ4n) is 3.94. The van der Waals surface area contributed by atoms with Crippen LogP contribution in [0.1, 0.15) is 36.4 Å². The van der Waals surface area contributed by atoms with Gasteiger partial charge in [0.2, 0.25) is 5.91 Å². The van der Waals surface area contributed by atoms with Crippen LogP contribution in [0.15, 0.2) is 12.1 Å². The number of alkyl halides is 3. The number of likely N-dealkylation sites (N-methyl/N-ethyl adjacent to an activating group) is 1. The average Bonchev–Trinajstić information content (AvgIpc) is 3.32. The van der Waals surface area contributed by atoms with Gasteiger partial charge in [0, 0.05) is 17.8 Å². The van der Waals surface area contributed by atoms with Crippen molar-refractivity contribution in [1.82, 2.24) is 9.88 Å². The van der Waals surface area contributed by atoms with Crippen molar-refractivity contribution in [3.05, 3.63) is 40.5 Å². The van der Waals surface area contributed by atoms with Crippen LogP contribution in [0.4, 0.5) is 39.4 Å². The van der Waals surface area contributed by atoms with Crippen LogP contribution in [-0.4, -0.2) is 65.7 Å². The van der Waals surface area contributed by atoms with Crippen LogP contribution in [-0.2, 0) is 20.5 Å². The number of aryl methyl sites for hydroxylation is 1. The molecule has 0 unspecified atom stereocenters. The van der Waals surface area contributed by atoms with Gasteiger partial charge in [-0.2, -0.15) is 13.2 Å². The summed E-state index contributed by atoms with van der Waals surface area (Å²) in [6, 6.07) is 1.96. The zero-order valence-corrected chi connectivity index (χ0v) is 20.8. The quantitative estimate of drug-likeness (QED) is 0.242. The lowest BCUT2D eigenvalue weighted by atomic mass is 10.0. The molecule has 10 nitrogen and oxygen atoms in total. The molecule has 3 rings (SSSR count). The number of carbonyl (C=O) groups is 3. The Kier molecular flexibility index (Phi) is 8.78. The predicted octanol–water partition coefficient (Wildman–Crippen LogP) is 3.79. The smallest absolute Gasteiger partial charge is 0.420 e. The molecule has 1 aliphatic rings. The molecule has 0 fully saturated rings. The van der Waals surface area contributed by atoms with Crippen LogP contribution in [0, 0.1) is 12.7 Å². The third-order valence-electron chi connectivity index (χ3n) is 5.86. The lowest BCUT2D eigenvalue weighted by Gasteiger charge is -2.18. The number of ether oxygens (including phenoxy) is 1. The van der Waals surface area contributed by atoms with Crippen LogP contribution in [0.5, 0.6) is 0 Å². The zero-order chi connectivity index (χ0) is 28.2. The van der Waals surface area contributed by atoms with E-state index < -0.39 is 53.5 Å². The number of fused-ring (bicyclic) bond motifs is 1. The summed E-state index contributed by atoms with van der Waals surface area (Å²) in [7, 11) is 0. The predicted molar refractivity (Wildman–Crippen MR) is 132 cm³/mol. The molecular weight excluding hydrogens is 514 g/mol. The van der Waals surface area contributed by atoms with E-state index in [9.17, 15) is 31.9 Å². The number of nitrogens with zero attached hydrogens (tertiary/aromatic N) is 1. The van der Waals surface area contributed by atoms with Crippen molar-refractivity contribution in [3.8, 4) is 0 Å². The Morgan fingerprint density at radius 1 is 1.18 bits per heavy atom. The van der Waals surface area contributed by atoms with Crippen LogP contribution in [0.25, 0.3) is 11.6 Å². The zero-order valence-electron chi connectivity index (χ0n) is 20.8. The Balaban J connectivity index is 1.94. The standard InChI is InChI=1S/C24H27F4N5O5/c1-4-33(5-2)6-7-38-23(37)32-21-12(3)29-18(20(21)24(26,27)28)9-14-13-8-15(25)17(30-19(35)11-34)10-16(13)31-22(14)36/h8-10,29,34H,4-7,11H2,1-3H3,(H,30,35)(H,31,36)(H,32,37)/b14-9-. The van der Waals surface area contributed by atoms with Crippen LogP contribution >= 0.6 is 0 Å². The fraction of sp³-hybridized carbons (Fsp3) is 0.375. The number of hydrogen-bond donors (Lipinski definition) is 5. The van der Waals surface area contributed by atoms with E-state index in [1.807, 2.05) is 18.7 Å². The maximum atomic E-state index is 14.5. The molecule has 1 aromatic carbocycles. The number of aliphatic hydroxyl groups excluding tert-OH is 1. The van der Waals surface area contributed by atoms with Crippen molar-refractivity contribution in [2.75, 3.05) is 48.8 Å². The van der Waals surface area contributed by atoms with Gasteiger partial charge in [-0.1, -0.05) is 13.8 Å². The Morgan fingerprint density at radius 3 is 2.47 bits per heavy atom. The highest BCUT2D eigenvalue weighted by Gasteiger charge is 2.40. The molecule has 0 radical (unpaired) electrons. The number of halogens is 4. The number of rotatable bonds is 9. The van der Waals surface area contributed by atoms with Gasteiger partial charge in [-0.15, -0.1) is 0 Å². The normalized spacial score (nSPS) is 14.0. The number of nitrogens with one attached hydrogen (secondary N) is 4. The summed E-state index contributed by atoms with van der Waals surface area (Å²) in [5.41, 5.74) is -2.99. The van der Waals surface area contributed by atoms with Gasteiger partial charge in [0.15, 0.2) is 0 Å². The Hall–Kier alpha value is -3.91. The fourth-order valence-corrected chi connectivity index (χ4v) is 3.94. The van der Waals surface area contributed by atoms with E-state index in [0.717, 1.165) is 18.2 Å². The van der Waals surface area contributed by atoms with E-state index in [1.165, 1.54) is 6.92 Å². The number of aromatic amines is 1. The highest BCUT2D eigenvalue weighted by molar-refractivity contribution is 6.35. The van der Waals surface area contributed by atoms with Crippen molar-refractivity contribution in [2.45, 2.75) is 26.9 Å². The Bertz CT molecular complexity index is 1270. The molecule has 1 aromatic heterocycles. The van der Waals surface area contributed by atoms with E-state index in [4.69, 9.17) is 9.84 Å². The number of H-pyrrole nitrogens is 1. The van der Waals surface area contributed by atoms with E-state index in [0.29, 0.717) is 19.6 Å². The number of aliphatic hydroxyl groups is 1. The van der Waals surface area contributed by atoms with Crippen LogP contribution in [0.3, 0.4) is 0 Å². The minimum Gasteiger partial charge on any atom is -0.448 e. The first-order valence-electron chi connectivity index (χ1n) is 11.6. The van der Waals surface area contributed by atoms with Crippen molar-refractivity contribution in [1.29, 1.82) is 0 Å². The summed E-state index contributed by atoms with van der Waals surface area (Å²) in [6.45, 7) is 6.06. The molecule has 0 saturated heterocycles. The summed E-state index contributed by atoms with van der Waals surface area (Å²) >= 11 is 0. The van der Waals surface area contributed by atoms with Gasteiger partial charge in [-0.05, 0) is 38.2 Å². The van der Waals surface area contributed by atoms with Gasteiger partial charge in [0.05, 0.1) is 28.3 Å². The second-order valence-electron chi connectivity index (χ2n) is 8.30. The van der Waals surface area contributed by atoms with Crippen molar-refractivity contribution in [3.63, 3.8) is 0 Å². The maximum Gasteiger partial charge on any atom is 0.420 e. The number of aromatic nitrogens is 1. The monoisotopic (exact) mass is 541 g/mol. The van der Waals surface area contributed by atoms with Gasteiger partial charge < -0.3 is 30.4 Å². The maximum absolute atomic E-state index is 14.5. The molecule has 206 valence electrons. The van der Waals surface area contributed by atoms with Gasteiger partial charge in [-0.3, -0.25) is 14.9 Å². The van der Waals surface area contributed by atoms with E-state index >= 15 is 0 Å². The molecular formula is C24H27F4N5O5. The number of carbonyl (C=O) groups excluding carboxylic acids is 3. The molecule has 14 heteroatoms. The molecule has 5 N–H and O–H groups in total. The van der Waals surface area contributed by atoms with Crippen LogP contribution in [0.2, 0.25) is 0 Å². The summed E-state index contributed by atoms with van der Waals surface area (Å²) in [5, 5.41) is 15.5. The number of hydrogen-bond acceptors (Lipinski definition) is 6. The second kappa shape index (κ2) is 11.6. The summed E-state index contributed by atoms with van der Waals surface area (Å²) in [4.78, 5) is 40.7. The third-order valence-corrected chi connectivity index (χ3v) is 5.86. The third kappa shape index (κ3) is 6.31. The van der Waals surface area contributed by atoms with E-state index in [-0.39, 0.29) is 34.8 Å². The highest BCUT2D eigenvalue weighted by atomic mass is 19.4.